The van der Waals surface area contributed by atoms with Crippen molar-refractivity contribution in [3.63, 3.8) is 0 Å². The first-order valence-electron chi connectivity index (χ1n) is 7.28. The van der Waals surface area contributed by atoms with E-state index in [4.69, 9.17) is 0 Å². The molecule has 2 amide bonds. The zero-order chi connectivity index (χ0) is 16.9. The number of hydrogen-bond acceptors (Lipinski definition) is 2. The van der Waals surface area contributed by atoms with E-state index in [1.165, 1.54) is 24.3 Å². The summed E-state index contributed by atoms with van der Waals surface area (Å²) in [5.74, 6) is -1.22. The lowest BCUT2D eigenvalue weighted by Crippen LogP contribution is -2.38. The van der Waals surface area contributed by atoms with Gasteiger partial charge in [0.2, 0.25) is 11.8 Å². The fourth-order valence-corrected chi connectivity index (χ4v) is 2.37. The van der Waals surface area contributed by atoms with Crippen LogP contribution in [0.25, 0.3) is 5.57 Å². The van der Waals surface area contributed by atoms with Crippen molar-refractivity contribution in [2.24, 2.45) is 0 Å². The molecule has 0 atom stereocenters. The normalized spacial score (nSPS) is 15.6. The molecule has 4 nitrogen and oxygen atoms in total. The number of allylic oxidation sites excluding steroid dienone is 1. The number of rotatable bonds is 4. The molecule has 124 valence electrons. The molecule has 1 fully saturated rings. The first kappa shape index (κ1) is 17.1. The second-order valence-corrected chi connectivity index (χ2v) is 5.23. The monoisotopic (exact) mass is 326 g/mol. The molecule has 1 heterocycles. The summed E-state index contributed by atoms with van der Waals surface area (Å²) >= 11 is 0. The Balaban J connectivity index is 2.03. The fourth-order valence-electron chi connectivity index (χ4n) is 2.37. The van der Waals surface area contributed by atoms with Gasteiger partial charge >= 0.3 is 6.18 Å². The summed E-state index contributed by atoms with van der Waals surface area (Å²) in [4.78, 5) is 25.1. The van der Waals surface area contributed by atoms with Crippen LogP contribution in [0.5, 0.6) is 0 Å². The summed E-state index contributed by atoms with van der Waals surface area (Å²) in [6, 6.07) is 7.07. The second kappa shape index (κ2) is 7.30. The van der Waals surface area contributed by atoms with Gasteiger partial charge in [-0.15, -0.1) is 0 Å². The Kier molecular flexibility index (Phi) is 5.41. The SMILES string of the molecule is O=C(C=C(c1ccccc1)C(F)(F)F)NCC(=O)N1CCCC1. The quantitative estimate of drug-likeness (QED) is 0.864. The van der Waals surface area contributed by atoms with Crippen LogP contribution in [0.3, 0.4) is 0 Å². The third-order valence-electron chi connectivity index (χ3n) is 3.54. The van der Waals surface area contributed by atoms with E-state index in [1.54, 1.807) is 11.0 Å². The molecule has 2 rings (SSSR count). The van der Waals surface area contributed by atoms with Crippen LogP contribution in [-0.4, -0.2) is 42.5 Å². The van der Waals surface area contributed by atoms with Gasteiger partial charge in [0.15, 0.2) is 0 Å². The van der Waals surface area contributed by atoms with Gasteiger partial charge < -0.3 is 10.2 Å². The van der Waals surface area contributed by atoms with Gasteiger partial charge in [-0.2, -0.15) is 13.2 Å². The maximum atomic E-state index is 13.1. The minimum Gasteiger partial charge on any atom is -0.343 e. The largest absolute Gasteiger partial charge is 0.417 e. The number of benzene rings is 1. The lowest BCUT2D eigenvalue weighted by Gasteiger charge is -2.15. The zero-order valence-corrected chi connectivity index (χ0v) is 12.4. The van der Waals surface area contributed by atoms with Crippen LogP contribution < -0.4 is 5.32 Å². The lowest BCUT2D eigenvalue weighted by atomic mass is 10.1. The number of alkyl halides is 3. The van der Waals surface area contributed by atoms with Crippen LogP contribution in [-0.2, 0) is 9.59 Å². The number of nitrogens with one attached hydrogen (secondary N) is 1. The molecule has 1 saturated heterocycles. The molecule has 0 aliphatic carbocycles. The summed E-state index contributed by atoms with van der Waals surface area (Å²) in [5, 5.41) is 2.23. The molecule has 1 aromatic rings. The van der Waals surface area contributed by atoms with Crippen LogP contribution in [0, 0.1) is 0 Å². The molecular formula is C16H17F3N2O2. The van der Waals surface area contributed by atoms with Crippen molar-refractivity contribution in [1.29, 1.82) is 0 Å². The Bertz CT molecular complexity index is 591. The van der Waals surface area contributed by atoms with Gasteiger partial charge in [0.05, 0.1) is 12.1 Å². The molecule has 0 unspecified atom stereocenters. The van der Waals surface area contributed by atoms with E-state index in [9.17, 15) is 22.8 Å². The van der Waals surface area contributed by atoms with E-state index in [0.717, 1.165) is 12.8 Å². The predicted octanol–water partition coefficient (Wildman–Crippen LogP) is 2.37. The standard InChI is InChI=1S/C16H17F3N2O2/c17-16(18,19)13(12-6-2-1-3-7-12)10-14(22)20-11-15(23)21-8-4-5-9-21/h1-3,6-7,10H,4-5,8-9,11H2,(H,20,22). The summed E-state index contributed by atoms with van der Waals surface area (Å²) in [6.07, 6.45) is -2.35. The Morgan fingerprint density at radius 1 is 1.13 bits per heavy atom. The minimum atomic E-state index is -4.66. The highest BCUT2D eigenvalue weighted by atomic mass is 19.4. The van der Waals surface area contributed by atoms with E-state index in [-0.39, 0.29) is 18.0 Å². The van der Waals surface area contributed by atoms with Gasteiger partial charge in [-0.25, -0.2) is 0 Å². The van der Waals surface area contributed by atoms with Crippen molar-refractivity contribution in [2.45, 2.75) is 19.0 Å². The molecule has 1 aliphatic rings. The second-order valence-electron chi connectivity index (χ2n) is 5.23. The van der Waals surface area contributed by atoms with Crippen molar-refractivity contribution in [2.75, 3.05) is 19.6 Å². The van der Waals surface area contributed by atoms with E-state index in [1.807, 2.05) is 0 Å². The molecule has 0 spiro atoms. The van der Waals surface area contributed by atoms with Gasteiger partial charge in [-0.1, -0.05) is 30.3 Å². The number of hydrogen-bond donors (Lipinski definition) is 1. The third kappa shape index (κ3) is 4.84. The van der Waals surface area contributed by atoms with Gasteiger partial charge in [-0.05, 0) is 18.4 Å². The number of likely N-dealkylation sites (tertiary alicyclic amines) is 1. The minimum absolute atomic E-state index is 0.0963. The third-order valence-corrected chi connectivity index (χ3v) is 3.54. The summed E-state index contributed by atoms with van der Waals surface area (Å²) in [5.41, 5.74) is -1.13. The van der Waals surface area contributed by atoms with E-state index >= 15 is 0 Å². The Hall–Kier alpha value is -2.31. The highest BCUT2D eigenvalue weighted by molar-refractivity contribution is 5.97. The molecule has 1 aliphatic heterocycles. The molecule has 0 bridgehead atoms. The summed E-state index contributed by atoms with van der Waals surface area (Å²) in [6.45, 7) is 0.958. The average Bonchev–Trinajstić information content (AvgIpc) is 3.04. The number of halogens is 3. The van der Waals surface area contributed by atoms with Crippen molar-refractivity contribution in [3.8, 4) is 0 Å². The van der Waals surface area contributed by atoms with Crippen LogP contribution in [0.15, 0.2) is 36.4 Å². The molecule has 0 saturated carbocycles. The molecule has 1 aromatic carbocycles. The number of nitrogens with zero attached hydrogens (tertiary/aromatic N) is 1. The van der Waals surface area contributed by atoms with E-state index in [2.05, 4.69) is 5.32 Å². The van der Waals surface area contributed by atoms with Gasteiger partial charge in [0.25, 0.3) is 0 Å². The first-order valence-corrected chi connectivity index (χ1v) is 7.28. The number of carbonyl (C=O) groups excluding carboxylic acids is 2. The molecular weight excluding hydrogens is 309 g/mol. The number of carbonyl (C=O) groups is 2. The van der Waals surface area contributed by atoms with Crippen LogP contribution in [0.4, 0.5) is 13.2 Å². The summed E-state index contributed by atoms with van der Waals surface area (Å²) in [7, 11) is 0. The highest BCUT2D eigenvalue weighted by Gasteiger charge is 2.35. The topological polar surface area (TPSA) is 49.4 Å². The Labute approximate surface area is 132 Å². The highest BCUT2D eigenvalue weighted by Crippen LogP contribution is 2.33. The maximum absolute atomic E-state index is 13.1. The Morgan fingerprint density at radius 3 is 2.30 bits per heavy atom. The van der Waals surface area contributed by atoms with Gasteiger partial charge in [-0.3, -0.25) is 9.59 Å². The molecule has 23 heavy (non-hydrogen) atoms. The molecule has 7 heteroatoms. The Morgan fingerprint density at radius 2 is 1.74 bits per heavy atom. The zero-order valence-electron chi connectivity index (χ0n) is 12.4. The average molecular weight is 326 g/mol. The van der Waals surface area contributed by atoms with Crippen molar-refractivity contribution >= 4 is 17.4 Å². The lowest BCUT2D eigenvalue weighted by molar-refractivity contribution is -0.131. The van der Waals surface area contributed by atoms with Gasteiger partial charge in [0.1, 0.15) is 0 Å². The van der Waals surface area contributed by atoms with Crippen molar-refractivity contribution in [3.05, 3.63) is 42.0 Å². The maximum Gasteiger partial charge on any atom is 0.417 e. The molecule has 0 aromatic heterocycles. The van der Waals surface area contributed by atoms with Crippen LogP contribution in [0.2, 0.25) is 0 Å². The van der Waals surface area contributed by atoms with E-state index in [0.29, 0.717) is 19.2 Å². The van der Waals surface area contributed by atoms with Crippen LogP contribution in [0.1, 0.15) is 18.4 Å². The first-order chi connectivity index (χ1) is 10.9. The molecule has 0 radical (unpaired) electrons. The van der Waals surface area contributed by atoms with Crippen LogP contribution >= 0.6 is 0 Å². The predicted molar refractivity (Wildman–Crippen MR) is 79.3 cm³/mol. The summed E-state index contributed by atoms with van der Waals surface area (Å²) < 4.78 is 39.3. The van der Waals surface area contributed by atoms with Gasteiger partial charge in [0, 0.05) is 19.2 Å². The fraction of sp³-hybridized carbons (Fsp3) is 0.375. The number of amides is 2. The van der Waals surface area contributed by atoms with E-state index < -0.39 is 17.7 Å². The van der Waals surface area contributed by atoms with Crippen molar-refractivity contribution < 1.29 is 22.8 Å². The van der Waals surface area contributed by atoms with Crippen molar-refractivity contribution in [1.82, 2.24) is 10.2 Å². The molecule has 1 N–H and O–H groups in total. The smallest absolute Gasteiger partial charge is 0.343 e.